The van der Waals surface area contributed by atoms with Gasteiger partial charge in [-0.05, 0) is 163 Å². The minimum Gasteiger partial charge on any atom is -0.488 e. The number of fused-ring (bicyclic) bond motifs is 14. The van der Waals surface area contributed by atoms with Crippen LogP contribution in [-0.4, -0.2) is 0 Å². The Kier molecular flexibility index (Phi) is 9.52. The fourth-order valence-corrected chi connectivity index (χ4v) is 11.7. The molecule has 2 heteroatoms. The first-order chi connectivity index (χ1) is 33.9. The molecule has 0 radical (unpaired) electrons. The van der Waals surface area contributed by atoms with Crippen molar-refractivity contribution in [3.8, 4) is 61.4 Å². The minimum atomic E-state index is -0.316. The molecular weight excluding hydrogens is 835 g/mol. The third kappa shape index (κ3) is 6.47. The van der Waals surface area contributed by atoms with Gasteiger partial charge in [-0.2, -0.15) is 0 Å². The molecule has 11 aromatic rings. The quantitative estimate of drug-likeness (QED) is 0.171. The topological polar surface area (TPSA) is 12.5 Å². The molecule has 11 aromatic carbocycles. The van der Waals surface area contributed by atoms with Crippen molar-refractivity contribution in [3.63, 3.8) is 0 Å². The third-order valence-corrected chi connectivity index (χ3v) is 15.2. The Morgan fingerprint density at radius 1 is 0.362 bits per heavy atom. The number of aryl methyl sites for hydroxylation is 2. The molecule has 69 heavy (non-hydrogen) atoms. The fourth-order valence-electron chi connectivity index (χ4n) is 11.7. The van der Waals surface area contributed by atoms with E-state index in [2.05, 4.69) is 256 Å². The van der Waals surface area contributed by atoms with Gasteiger partial charge in [0.25, 0.3) is 0 Å². The maximum absolute atomic E-state index is 7.20. The summed E-state index contributed by atoms with van der Waals surface area (Å²) in [6, 6.07) is 85.2. The van der Waals surface area contributed by atoms with Crippen molar-refractivity contribution in [2.24, 2.45) is 0 Å². The summed E-state index contributed by atoms with van der Waals surface area (Å²) in [5.74, 6) is 0.918. The molecule has 0 bridgehead atoms. The van der Waals surface area contributed by atoms with Gasteiger partial charge in [-0.3, -0.25) is 0 Å². The second-order valence-electron chi connectivity index (χ2n) is 19.0. The van der Waals surface area contributed by atoms with Gasteiger partial charge in [0.15, 0.2) is 0 Å². The van der Waals surface area contributed by atoms with Crippen LogP contribution < -0.4 is 9.64 Å². The van der Waals surface area contributed by atoms with E-state index < -0.39 is 0 Å². The van der Waals surface area contributed by atoms with Gasteiger partial charge < -0.3 is 9.64 Å². The largest absolute Gasteiger partial charge is 0.488 e. The molecule has 2 nitrogen and oxygen atoms in total. The fraction of sp³-hybridized carbons (Fsp3) is 0.0746. The van der Waals surface area contributed by atoms with Crippen LogP contribution in [0.5, 0.6) is 5.75 Å². The highest BCUT2D eigenvalue weighted by atomic mass is 16.5. The van der Waals surface area contributed by atoms with Crippen molar-refractivity contribution >= 4 is 38.6 Å². The molecule has 0 N–H and O–H groups in total. The number of hydrogen-bond acceptors (Lipinski definition) is 2. The maximum Gasteiger partial charge on any atom is 0.135 e. The normalized spacial score (nSPS) is 14.4. The van der Waals surface area contributed by atoms with Crippen LogP contribution in [-0.2, 0) is 12.0 Å². The smallest absolute Gasteiger partial charge is 0.135 e. The Hall–Kier alpha value is -8.46. The van der Waals surface area contributed by atoms with Crippen LogP contribution in [0.2, 0.25) is 0 Å². The highest BCUT2D eigenvalue weighted by Gasteiger charge is 2.41. The number of nitrogens with zero attached hydrogens (tertiary/aromatic N) is 1. The van der Waals surface area contributed by atoms with Gasteiger partial charge in [0.1, 0.15) is 12.4 Å². The van der Waals surface area contributed by atoms with Gasteiger partial charge in [0, 0.05) is 39.0 Å². The van der Waals surface area contributed by atoms with Crippen LogP contribution >= 0.6 is 0 Å². The molecule has 1 atom stereocenters. The van der Waals surface area contributed by atoms with Crippen LogP contribution in [0.4, 0.5) is 17.1 Å². The summed E-state index contributed by atoms with van der Waals surface area (Å²) in [5.41, 5.74) is 22.5. The Morgan fingerprint density at radius 2 is 0.913 bits per heavy atom. The molecule has 0 unspecified atom stereocenters. The summed E-state index contributed by atoms with van der Waals surface area (Å²) in [6.45, 7) is 7.23. The summed E-state index contributed by atoms with van der Waals surface area (Å²) in [5, 5.41) is 4.82. The predicted molar refractivity (Wildman–Crippen MR) is 289 cm³/mol. The third-order valence-electron chi connectivity index (χ3n) is 15.2. The van der Waals surface area contributed by atoms with Crippen molar-refractivity contribution < 1.29 is 4.74 Å². The summed E-state index contributed by atoms with van der Waals surface area (Å²) in [6.07, 6.45) is 0. The van der Waals surface area contributed by atoms with E-state index in [4.69, 9.17) is 4.74 Å². The van der Waals surface area contributed by atoms with Crippen LogP contribution in [0, 0.1) is 13.8 Å². The van der Waals surface area contributed by atoms with Gasteiger partial charge in [0.05, 0.1) is 0 Å². The lowest BCUT2D eigenvalue weighted by atomic mass is 9.74. The minimum absolute atomic E-state index is 0.316. The summed E-state index contributed by atoms with van der Waals surface area (Å²) in [4.78, 5) is 2.42. The monoisotopic (exact) mass is 883 g/mol. The van der Waals surface area contributed by atoms with Crippen LogP contribution in [0.25, 0.3) is 77.2 Å². The molecule has 0 saturated heterocycles. The Bertz CT molecular complexity index is 3830. The molecule has 0 amide bonds. The zero-order chi connectivity index (χ0) is 46.2. The van der Waals surface area contributed by atoms with Gasteiger partial charge >= 0.3 is 0 Å². The highest BCUT2D eigenvalue weighted by molar-refractivity contribution is 6.04. The van der Waals surface area contributed by atoms with E-state index in [1.807, 2.05) is 0 Å². The van der Waals surface area contributed by atoms with Crippen molar-refractivity contribution in [1.29, 1.82) is 0 Å². The molecule has 0 spiro atoms. The number of para-hydroxylation sites is 1. The number of rotatable bonds is 5. The number of benzene rings is 11. The van der Waals surface area contributed by atoms with Crippen LogP contribution in [0.1, 0.15) is 40.3 Å². The number of anilines is 3. The average molecular weight is 884 g/mol. The molecule has 328 valence electrons. The lowest BCUT2D eigenvalue weighted by Gasteiger charge is -2.31. The van der Waals surface area contributed by atoms with E-state index in [9.17, 15) is 0 Å². The number of ether oxygens (including phenoxy) is 1. The Labute approximate surface area is 404 Å². The standard InChI is InChI=1S/C67H49NO/c1-43-17-14-28-53-51(43)35-37-56-54-25-10-11-26-55(54)62-40-46(31-33-57(62)61-38-36-52-44(2)18-15-29-60(52)66(61)69-42-63(53)56)45-19-16-24-49(39-45)68(48-22-8-5-9-23-48)50-32-34-59-58-27-12-13-30-64(58)67(3,65(59)41-50)47-20-6-4-7-21-47/h4-41H,42H2,1-3H3/t67-/m0/s1. The molecule has 0 saturated carbocycles. The molecule has 0 fully saturated rings. The van der Waals surface area contributed by atoms with Crippen molar-refractivity contribution in [2.45, 2.75) is 32.8 Å². The first kappa shape index (κ1) is 40.8. The second-order valence-corrected chi connectivity index (χ2v) is 19.0. The lowest BCUT2D eigenvalue weighted by Crippen LogP contribution is -2.22. The Morgan fingerprint density at radius 3 is 1.70 bits per heavy atom. The summed E-state index contributed by atoms with van der Waals surface area (Å²) < 4.78 is 7.20. The molecule has 1 aliphatic carbocycles. The molecule has 13 rings (SSSR count). The summed E-state index contributed by atoms with van der Waals surface area (Å²) in [7, 11) is 0. The first-order valence-electron chi connectivity index (χ1n) is 24.1. The summed E-state index contributed by atoms with van der Waals surface area (Å²) >= 11 is 0. The van der Waals surface area contributed by atoms with Crippen molar-refractivity contribution in [1.82, 2.24) is 0 Å². The van der Waals surface area contributed by atoms with Crippen LogP contribution in [0.3, 0.4) is 0 Å². The molecule has 2 aliphatic rings. The van der Waals surface area contributed by atoms with Gasteiger partial charge in [-0.15, -0.1) is 0 Å². The predicted octanol–water partition coefficient (Wildman–Crippen LogP) is 18.0. The second kappa shape index (κ2) is 16.1. The van der Waals surface area contributed by atoms with E-state index in [0.29, 0.717) is 6.61 Å². The highest BCUT2D eigenvalue weighted by Crippen LogP contribution is 2.54. The van der Waals surface area contributed by atoms with E-state index >= 15 is 0 Å². The van der Waals surface area contributed by atoms with Crippen molar-refractivity contribution in [2.75, 3.05) is 4.90 Å². The van der Waals surface area contributed by atoms with E-state index in [-0.39, 0.29) is 5.41 Å². The lowest BCUT2D eigenvalue weighted by molar-refractivity contribution is 0.313. The maximum atomic E-state index is 7.20. The zero-order valence-electron chi connectivity index (χ0n) is 39.0. The zero-order valence-corrected chi connectivity index (χ0v) is 39.0. The van der Waals surface area contributed by atoms with E-state index in [0.717, 1.165) is 50.5 Å². The molecular formula is C67H49NO. The SMILES string of the molecule is Cc1cccc2c3c(ccc12)-c1ccccc1-c1cc(-c2cccc(N(c4ccccc4)c4ccc5c(c4)[C@@](C)(c4ccccc4)c4ccccc4-5)c2)ccc1-c1ccc2c(C)cccc2c1OC3. The molecule has 0 aromatic heterocycles. The molecule has 1 aliphatic heterocycles. The first-order valence-corrected chi connectivity index (χ1v) is 24.1. The van der Waals surface area contributed by atoms with Crippen molar-refractivity contribution in [3.05, 3.63) is 264 Å². The van der Waals surface area contributed by atoms with Crippen LogP contribution in [0.15, 0.2) is 231 Å². The average Bonchev–Trinajstić information content (AvgIpc) is 3.66. The molecule has 1 heterocycles. The van der Waals surface area contributed by atoms with Gasteiger partial charge in [-0.25, -0.2) is 0 Å². The van der Waals surface area contributed by atoms with Gasteiger partial charge in [0.2, 0.25) is 0 Å². The van der Waals surface area contributed by atoms with Gasteiger partial charge in [-0.1, -0.05) is 182 Å². The van der Waals surface area contributed by atoms with E-state index in [1.165, 1.54) is 82.9 Å². The number of hydrogen-bond donors (Lipinski definition) is 0. The Balaban J connectivity index is 1.00. The van der Waals surface area contributed by atoms with E-state index in [1.54, 1.807) is 0 Å².